The maximum Gasteiger partial charge on any atom is 0.235 e. The van der Waals surface area contributed by atoms with Crippen LogP contribution in [0.2, 0.25) is 0 Å². The molecule has 2 aliphatic rings. The number of piperidine rings is 1. The van der Waals surface area contributed by atoms with E-state index in [0.29, 0.717) is 37.8 Å². The van der Waals surface area contributed by atoms with E-state index in [1.165, 1.54) is 27.0 Å². The van der Waals surface area contributed by atoms with E-state index in [1.54, 1.807) is 0 Å². The molecular weight excluding hydrogens is 474 g/mol. The first kappa shape index (κ1) is 23.1. The number of fused-ring (bicyclic) bond motifs is 2. The van der Waals surface area contributed by atoms with Gasteiger partial charge in [0.25, 0.3) is 0 Å². The SMILES string of the molecule is C=CS(=O)(=O)N1CCC(C2(Cn3nc(Cc4cccc5ccccc45)c4c(N)ncnc43)CN2)CC1. The molecule has 0 radical (unpaired) electrons. The van der Waals surface area contributed by atoms with Crippen molar-refractivity contribution in [3.8, 4) is 0 Å². The van der Waals surface area contributed by atoms with E-state index >= 15 is 0 Å². The summed E-state index contributed by atoms with van der Waals surface area (Å²) in [5.41, 5.74) is 8.99. The molecule has 0 bridgehead atoms. The quantitative estimate of drug-likeness (QED) is 0.371. The van der Waals surface area contributed by atoms with Crippen molar-refractivity contribution in [2.24, 2.45) is 5.92 Å². The molecule has 2 aromatic heterocycles. The lowest BCUT2D eigenvalue weighted by Crippen LogP contribution is -2.44. The van der Waals surface area contributed by atoms with Crippen LogP contribution in [-0.4, -0.2) is 57.6 Å². The van der Waals surface area contributed by atoms with Crippen LogP contribution in [0, 0.1) is 5.92 Å². The zero-order valence-corrected chi connectivity index (χ0v) is 20.8. The molecule has 2 aliphatic heterocycles. The molecule has 0 spiro atoms. The molecule has 4 aromatic rings. The highest BCUT2D eigenvalue weighted by Gasteiger charge is 2.50. The van der Waals surface area contributed by atoms with Crippen LogP contribution in [-0.2, 0) is 23.0 Å². The number of rotatable bonds is 7. The third-order valence-corrected chi connectivity index (χ3v) is 9.24. The van der Waals surface area contributed by atoms with E-state index in [2.05, 4.69) is 52.2 Å². The molecule has 1 atom stereocenters. The van der Waals surface area contributed by atoms with E-state index in [4.69, 9.17) is 10.8 Å². The number of anilines is 1. The van der Waals surface area contributed by atoms with Crippen molar-refractivity contribution in [1.82, 2.24) is 29.4 Å². The Hall–Kier alpha value is -3.34. The van der Waals surface area contributed by atoms with Crippen molar-refractivity contribution in [2.45, 2.75) is 31.3 Å². The average molecular weight is 504 g/mol. The summed E-state index contributed by atoms with van der Waals surface area (Å²) in [5, 5.41) is 12.8. The summed E-state index contributed by atoms with van der Waals surface area (Å²) < 4.78 is 27.8. The lowest BCUT2D eigenvalue weighted by Gasteiger charge is -2.34. The molecule has 2 aromatic carbocycles. The number of aromatic nitrogens is 4. The lowest BCUT2D eigenvalue weighted by molar-refractivity contribution is 0.216. The third-order valence-electron chi connectivity index (χ3n) is 7.74. The van der Waals surface area contributed by atoms with Crippen molar-refractivity contribution >= 4 is 37.6 Å². The number of nitrogen functional groups attached to an aromatic ring is 1. The molecule has 0 amide bonds. The fraction of sp³-hybridized carbons (Fsp3) is 0.346. The minimum absolute atomic E-state index is 0.126. The Morgan fingerprint density at radius 1 is 1.14 bits per heavy atom. The van der Waals surface area contributed by atoms with Crippen molar-refractivity contribution in [1.29, 1.82) is 0 Å². The fourth-order valence-corrected chi connectivity index (χ4v) is 6.58. The molecule has 10 heteroatoms. The first-order valence-corrected chi connectivity index (χ1v) is 13.7. The minimum Gasteiger partial charge on any atom is -0.383 e. The summed E-state index contributed by atoms with van der Waals surface area (Å²) in [4.78, 5) is 8.82. The molecule has 36 heavy (non-hydrogen) atoms. The molecule has 1 unspecified atom stereocenters. The summed E-state index contributed by atoms with van der Waals surface area (Å²) >= 11 is 0. The maximum absolute atomic E-state index is 12.2. The van der Waals surface area contributed by atoms with Crippen molar-refractivity contribution in [2.75, 3.05) is 25.4 Å². The average Bonchev–Trinajstić information content (AvgIpc) is 3.60. The standard InChI is InChI=1S/C26H29N7O2S/c1-2-36(34,35)32-12-10-20(11-13-32)26(15-30-26)16-33-25-23(24(27)28-17-29-25)22(31-33)14-19-8-5-7-18-6-3-4-9-21(18)19/h2-9,17,20,30H,1,10-16H2,(H2,27,28,29). The fourth-order valence-electron chi connectivity index (χ4n) is 5.64. The van der Waals surface area contributed by atoms with Crippen LogP contribution < -0.4 is 11.1 Å². The highest BCUT2D eigenvalue weighted by molar-refractivity contribution is 7.92. The Bertz CT molecular complexity index is 1560. The molecular formula is C26H29N7O2S. The summed E-state index contributed by atoms with van der Waals surface area (Å²) in [5.74, 6) is 0.774. The molecule has 6 rings (SSSR count). The molecule has 3 N–H and O–H groups in total. The van der Waals surface area contributed by atoms with Gasteiger partial charge in [-0.05, 0) is 35.1 Å². The van der Waals surface area contributed by atoms with Crippen molar-refractivity contribution in [3.05, 3.63) is 72.0 Å². The van der Waals surface area contributed by atoms with Gasteiger partial charge in [0.1, 0.15) is 12.1 Å². The summed E-state index contributed by atoms with van der Waals surface area (Å²) in [6.45, 7) is 5.97. The second kappa shape index (κ2) is 8.65. The van der Waals surface area contributed by atoms with Crippen LogP contribution in [0.15, 0.2) is 60.8 Å². The molecule has 2 saturated heterocycles. The molecule has 0 aliphatic carbocycles. The highest BCUT2D eigenvalue weighted by atomic mass is 32.2. The van der Waals surface area contributed by atoms with E-state index in [0.717, 1.165) is 41.5 Å². The van der Waals surface area contributed by atoms with Crippen LogP contribution in [0.25, 0.3) is 21.8 Å². The second-order valence-corrected chi connectivity index (χ2v) is 11.7. The van der Waals surface area contributed by atoms with Gasteiger partial charge in [-0.15, -0.1) is 0 Å². The first-order chi connectivity index (χ1) is 17.4. The van der Waals surface area contributed by atoms with Crippen LogP contribution in [0.3, 0.4) is 0 Å². The second-order valence-electron chi connectivity index (χ2n) is 9.77. The maximum atomic E-state index is 12.2. The van der Waals surface area contributed by atoms with Gasteiger partial charge in [-0.25, -0.2) is 23.1 Å². The summed E-state index contributed by atoms with van der Waals surface area (Å²) in [7, 11) is -3.38. The molecule has 4 heterocycles. The molecule has 2 fully saturated rings. The third kappa shape index (κ3) is 3.95. The minimum atomic E-state index is -3.38. The normalized spacial score (nSPS) is 21.2. The topological polar surface area (TPSA) is 129 Å². The Labute approximate surface area is 210 Å². The van der Waals surface area contributed by atoms with Gasteiger partial charge in [0.05, 0.1) is 23.2 Å². The highest BCUT2D eigenvalue weighted by Crippen LogP contribution is 2.38. The Morgan fingerprint density at radius 2 is 1.89 bits per heavy atom. The smallest absolute Gasteiger partial charge is 0.235 e. The van der Waals surface area contributed by atoms with Crippen LogP contribution in [0.4, 0.5) is 5.82 Å². The number of benzene rings is 2. The summed E-state index contributed by atoms with van der Waals surface area (Å²) in [6, 6.07) is 14.6. The van der Waals surface area contributed by atoms with E-state index in [-0.39, 0.29) is 5.54 Å². The zero-order chi connectivity index (χ0) is 24.9. The van der Waals surface area contributed by atoms with Gasteiger partial charge in [-0.3, -0.25) is 0 Å². The largest absolute Gasteiger partial charge is 0.383 e. The van der Waals surface area contributed by atoms with Gasteiger partial charge in [0.2, 0.25) is 10.0 Å². The van der Waals surface area contributed by atoms with Crippen LogP contribution in [0.1, 0.15) is 24.1 Å². The van der Waals surface area contributed by atoms with E-state index in [1.807, 2.05) is 16.8 Å². The van der Waals surface area contributed by atoms with Gasteiger partial charge < -0.3 is 11.1 Å². The Morgan fingerprint density at radius 3 is 2.64 bits per heavy atom. The predicted octanol–water partition coefficient (Wildman–Crippen LogP) is 2.68. The van der Waals surface area contributed by atoms with Gasteiger partial charge in [-0.1, -0.05) is 49.0 Å². The van der Waals surface area contributed by atoms with Gasteiger partial charge in [-0.2, -0.15) is 9.40 Å². The van der Waals surface area contributed by atoms with Gasteiger partial charge >= 0.3 is 0 Å². The van der Waals surface area contributed by atoms with E-state index < -0.39 is 10.0 Å². The number of hydrogen-bond acceptors (Lipinski definition) is 7. The molecule has 0 saturated carbocycles. The first-order valence-electron chi connectivity index (χ1n) is 12.2. The van der Waals surface area contributed by atoms with Crippen molar-refractivity contribution < 1.29 is 8.42 Å². The zero-order valence-electron chi connectivity index (χ0n) is 20.0. The van der Waals surface area contributed by atoms with Gasteiger partial charge in [0, 0.05) is 31.5 Å². The summed E-state index contributed by atoms with van der Waals surface area (Å²) in [6.07, 6.45) is 3.70. The number of hydrogen-bond donors (Lipinski definition) is 2. The predicted molar refractivity (Wildman–Crippen MR) is 141 cm³/mol. The monoisotopic (exact) mass is 503 g/mol. The van der Waals surface area contributed by atoms with Gasteiger partial charge in [0.15, 0.2) is 5.65 Å². The number of nitrogens with zero attached hydrogens (tertiary/aromatic N) is 5. The number of nitrogens with two attached hydrogens (primary N) is 1. The molecule has 186 valence electrons. The lowest BCUT2D eigenvalue weighted by atomic mass is 9.84. The Balaban J connectivity index is 1.30. The molecule has 9 nitrogen and oxygen atoms in total. The number of nitrogens with one attached hydrogen (secondary N) is 1. The van der Waals surface area contributed by atoms with Crippen LogP contribution in [0.5, 0.6) is 0 Å². The number of sulfonamides is 1. The Kier molecular flexibility index (Phi) is 5.55. The van der Waals surface area contributed by atoms with E-state index in [9.17, 15) is 8.42 Å². The van der Waals surface area contributed by atoms with Crippen LogP contribution >= 0.6 is 0 Å². The van der Waals surface area contributed by atoms with Crippen molar-refractivity contribution in [3.63, 3.8) is 0 Å².